The Hall–Kier alpha value is -1.92. The van der Waals surface area contributed by atoms with E-state index >= 15 is 0 Å². The fourth-order valence-electron chi connectivity index (χ4n) is 1.16. The van der Waals surface area contributed by atoms with E-state index in [2.05, 4.69) is 5.32 Å². The van der Waals surface area contributed by atoms with Gasteiger partial charge >= 0.3 is 0 Å². The third-order valence-electron chi connectivity index (χ3n) is 1.95. The molecule has 2 amide bonds. The molecule has 92 valence electrons. The van der Waals surface area contributed by atoms with Crippen LogP contribution in [0.2, 0.25) is 0 Å². The number of primary amides is 1. The summed E-state index contributed by atoms with van der Waals surface area (Å²) in [4.78, 5) is 22.1. The van der Waals surface area contributed by atoms with Gasteiger partial charge in [0.1, 0.15) is 6.61 Å². The summed E-state index contributed by atoms with van der Waals surface area (Å²) in [7, 11) is 0. The smallest absolute Gasteiger partial charge is 0.250 e. The van der Waals surface area contributed by atoms with Crippen molar-refractivity contribution < 1.29 is 14.3 Å². The maximum Gasteiger partial charge on any atom is 0.250 e. The minimum atomic E-state index is -0.505. The zero-order valence-electron chi connectivity index (χ0n) is 9.31. The molecular weight excluding hydrogens is 222 g/mol. The first-order chi connectivity index (χ1) is 8.13. The molecule has 0 bridgehead atoms. The zero-order chi connectivity index (χ0) is 12.7. The van der Waals surface area contributed by atoms with Crippen LogP contribution >= 0.6 is 0 Å². The number of rotatable bonds is 6. The first-order valence-corrected chi connectivity index (χ1v) is 5.11. The molecule has 0 radical (unpaired) electrons. The molecule has 0 atom stereocenters. The van der Waals surface area contributed by atoms with Gasteiger partial charge in [-0.1, -0.05) is 0 Å². The number of anilines is 1. The Morgan fingerprint density at radius 1 is 1.24 bits per heavy atom. The highest BCUT2D eigenvalue weighted by Gasteiger charge is 2.03. The summed E-state index contributed by atoms with van der Waals surface area (Å²) in [5.74, 6) is -0.778. The number of carbonyl (C=O) groups excluding carboxylic acids is 2. The Kier molecular flexibility index (Phi) is 5.12. The van der Waals surface area contributed by atoms with Crippen LogP contribution in [0.3, 0.4) is 0 Å². The van der Waals surface area contributed by atoms with Crippen LogP contribution in [0.4, 0.5) is 5.69 Å². The van der Waals surface area contributed by atoms with Gasteiger partial charge in [-0.05, 0) is 24.3 Å². The van der Waals surface area contributed by atoms with Gasteiger partial charge in [0.15, 0.2) is 0 Å². The first-order valence-electron chi connectivity index (χ1n) is 5.11. The van der Waals surface area contributed by atoms with E-state index < -0.39 is 5.91 Å². The van der Waals surface area contributed by atoms with E-state index in [9.17, 15) is 9.59 Å². The van der Waals surface area contributed by atoms with E-state index in [1.54, 1.807) is 24.3 Å². The molecule has 0 heterocycles. The number of amides is 2. The fourth-order valence-corrected chi connectivity index (χ4v) is 1.16. The zero-order valence-corrected chi connectivity index (χ0v) is 9.31. The predicted molar refractivity (Wildman–Crippen MR) is 63.5 cm³/mol. The number of hydrogen-bond donors (Lipinski definition) is 3. The van der Waals surface area contributed by atoms with Crippen molar-refractivity contribution in [1.82, 2.24) is 0 Å². The molecule has 0 saturated carbocycles. The van der Waals surface area contributed by atoms with Crippen LogP contribution in [0.5, 0.6) is 0 Å². The Morgan fingerprint density at radius 3 is 2.41 bits per heavy atom. The molecule has 0 aliphatic heterocycles. The Morgan fingerprint density at radius 2 is 1.88 bits per heavy atom. The van der Waals surface area contributed by atoms with Crippen LogP contribution in [0.15, 0.2) is 24.3 Å². The monoisotopic (exact) mass is 237 g/mol. The van der Waals surface area contributed by atoms with Crippen molar-refractivity contribution in [1.29, 1.82) is 0 Å². The maximum atomic E-state index is 11.3. The minimum absolute atomic E-state index is 0.0469. The van der Waals surface area contributed by atoms with E-state index in [-0.39, 0.29) is 12.5 Å². The molecule has 0 aromatic heterocycles. The highest BCUT2D eigenvalue weighted by atomic mass is 16.5. The van der Waals surface area contributed by atoms with Gasteiger partial charge in [0.2, 0.25) is 11.8 Å². The average Bonchev–Trinajstić information content (AvgIpc) is 2.30. The normalized spacial score (nSPS) is 9.94. The van der Waals surface area contributed by atoms with Crippen molar-refractivity contribution in [3.8, 4) is 0 Å². The van der Waals surface area contributed by atoms with Gasteiger partial charge in [0, 0.05) is 17.8 Å². The lowest BCUT2D eigenvalue weighted by Gasteiger charge is -2.05. The number of benzene rings is 1. The molecule has 0 unspecified atom stereocenters. The molecule has 1 rings (SSSR count). The van der Waals surface area contributed by atoms with Gasteiger partial charge in [-0.15, -0.1) is 0 Å². The molecule has 5 N–H and O–H groups in total. The Bertz CT molecular complexity index is 389. The quantitative estimate of drug-likeness (QED) is 0.590. The highest BCUT2D eigenvalue weighted by molar-refractivity contribution is 5.95. The molecule has 0 spiro atoms. The van der Waals surface area contributed by atoms with Crippen molar-refractivity contribution >= 4 is 17.5 Å². The van der Waals surface area contributed by atoms with Crippen molar-refractivity contribution in [2.24, 2.45) is 11.5 Å². The molecule has 6 heteroatoms. The molecular formula is C11H15N3O3. The first kappa shape index (κ1) is 13.1. The summed E-state index contributed by atoms with van der Waals surface area (Å²) in [6.45, 7) is 0.670. The van der Waals surface area contributed by atoms with Gasteiger partial charge < -0.3 is 21.5 Å². The van der Waals surface area contributed by atoms with E-state index in [0.29, 0.717) is 24.4 Å². The van der Waals surface area contributed by atoms with Crippen molar-refractivity contribution in [2.75, 3.05) is 25.1 Å². The molecule has 17 heavy (non-hydrogen) atoms. The molecule has 0 saturated heterocycles. The molecule has 0 fully saturated rings. The summed E-state index contributed by atoms with van der Waals surface area (Å²) < 4.78 is 4.97. The lowest BCUT2D eigenvalue weighted by Crippen LogP contribution is -2.20. The number of carbonyl (C=O) groups is 2. The third-order valence-corrected chi connectivity index (χ3v) is 1.95. The average molecular weight is 237 g/mol. The van der Waals surface area contributed by atoms with E-state index in [1.807, 2.05) is 0 Å². The third kappa shape index (κ3) is 4.62. The summed E-state index contributed by atoms with van der Waals surface area (Å²) in [5, 5.41) is 2.61. The summed E-state index contributed by atoms with van der Waals surface area (Å²) in [5.41, 5.74) is 11.3. The van der Waals surface area contributed by atoms with Gasteiger partial charge in [0.25, 0.3) is 0 Å². The lowest BCUT2D eigenvalue weighted by molar-refractivity contribution is -0.120. The number of hydrogen-bond acceptors (Lipinski definition) is 4. The van der Waals surface area contributed by atoms with Gasteiger partial charge in [0.05, 0.1) is 6.61 Å². The molecule has 0 aliphatic carbocycles. The fraction of sp³-hybridized carbons (Fsp3) is 0.273. The molecule has 0 aliphatic rings. The van der Waals surface area contributed by atoms with Crippen LogP contribution in [0, 0.1) is 0 Å². The van der Waals surface area contributed by atoms with Crippen LogP contribution in [-0.2, 0) is 9.53 Å². The summed E-state index contributed by atoms with van der Waals surface area (Å²) >= 11 is 0. The van der Waals surface area contributed by atoms with Gasteiger partial charge in [-0.2, -0.15) is 0 Å². The van der Waals surface area contributed by atoms with Crippen molar-refractivity contribution in [2.45, 2.75) is 0 Å². The number of nitrogens with one attached hydrogen (secondary N) is 1. The van der Waals surface area contributed by atoms with Gasteiger partial charge in [-0.25, -0.2) is 0 Å². The second kappa shape index (κ2) is 6.62. The largest absolute Gasteiger partial charge is 0.370 e. The highest BCUT2D eigenvalue weighted by Crippen LogP contribution is 2.08. The second-order valence-corrected chi connectivity index (χ2v) is 3.33. The second-order valence-electron chi connectivity index (χ2n) is 3.33. The predicted octanol–water partition coefficient (Wildman–Crippen LogP) is -0.301. The van der Waals surface area contributed by atoms with Crippen LogP contribution < -0.4 is 16.8 Å². The molecule has 6 nitrogen and oxygen atoms in total. The van der Waals surface area contributed by atoms with Crippen LogP contribution in [-0.4, -0.2) is 31.6 Å². The van der Waals surface area contributed by atoms with Crippen LogP contribution in [0.25, 0.3) is 0 Å². The van der Waals surface area contributed by atoms with Crippen LogP contribution in [0.1, 0.15) is 10.4 Å². The molecule has 1 aromatic rings. The Labute approximate surface area is 98.9 Å². The SMILES string of the molecule is NCCOCC(=O)Nc1ccc(C(N)=O)cc1. The Balaban J connectivity index is 2.46. The lowest BCUT2D eigenvalue weighted by atomic mass is 10.2. The molecule has 1 aromatic carbocycles. The standard InChI is InChI=1S/C11H15N3O3/c12-5-6-17-7-10(15)14-9-3-1-8(2-4-9)11(13)16/h1-4H,5-7,12H2,(H2,13,16)(H,14,15). The van der Waals surface area contributed by atoms with Crippen molar-refractivity contribution in [3.63, 3.8) is 0 Å². The number of ether oxygens (including phenoxy) is 1. The number of nitrogens with two attached hydrogens (primary N) is 2. The maximum absolute atomic E-state index is 11.3. The topological polar surface area (TPSA) is 107 Å². The summed E-state index contributed by atoms with van der Waals surface area (Å²) in [6, 6.07) is 6.28. The van der Waals surface area contributed by atoms with E-state index in [1.165, 1.54) is 0 Å². The van der Waals surface area contributed by atoms with E-state index in [4.69, 9.17) is 16.2 Å². The van der Waals surface area contributed by atoms with Gasteiger partial charge in [-0.3, -0.25) is 9.59 Å². The van der Waals surface area contributed by atoms with Crippen molar-refractivity contribution in [3.05, 3.63) is 29.8 Å². The minimum Gasteiger partial charge on any atom is -0.370 e. The summed E-state index contributed by atoms with van der Waals surface area (Å²) in [6.07, 6.45) is 0. The van der Waals surface area contributed by atoms with E-state index in [0.717, 1.165) is 0 Å².